The van der Waals surface area contributed by atoms with Gasteiger partial charge < -0.3 is 10.2 Å². The van der Waals surface area contributed by atoms with Gasteiger partial charge in [0, 0.05) is 11.2 Å². The van der Waals surface area contributed by atoms with Crippen LogP contribution in [0.4, 0.5) is 0 Å². The van der Waals surface area contributed by atoms with Gasteiger partial charge in [0.1, 0.15) is 11.0 Å². The first kappa shape index (κ1) is 17.9. The largest absolute Gasteiger partial charge is 0.492 e. The molecule has 2 N–H and O–H groups in total. The summed E-state index contributed by atoms with van der Waals surface area (Å²) in [5, 5.41) is 28.4. The SMILES string of the molecule is Cc1cc(Cl)cc([C@H](C)n2ncc3nc(-n4cc(C(=O)O)cn4)nc(O)c32)c1. The van der Waals surface area contributed by atoms with Gasteiger partial charge in [-0.2, -0.15) is 15.2 Å². The fraction of sp³-hybridized carbons (Fsp3) is 0.167. The Hall–Kier alpha value is -3.46. The van der Waals surface area contributed by atoms with Crippen molar-refractivity contribution >= 4 is 28.6 Å². The Balaban J connectivity index is 1.79. The summed E-state index contributed by atoms with van der Waals surface area (Å²) >= 11 is 6.16. The van der Waals surface area contributed by atoms with Gasteiger partial charge in [0.25, 0.3) is 5.95 Å². The quantitative estimate of drug-likeness (QED) is 0.542. The van der Waals surface area contributed by atoms with E-state index in [0.717, 1.165) is 11.1 Å². The number of carbonyl (C=O) groups is 1. The van der Waals surface area contributed by atoms with Crippen molar-refractivity contribution in [2.24, 2.45) is 0 Å². The Bertz CT molecular complexity index is 1200. The number of hydrogen-bond donors (Lipinski definition) is 2. The lowest BCUT2D eigenvalue weighted by atomic mass is 10.1. The van der Waals surface area contributed by atoms with E-state index in [1.807, 2.05) is 32.0 Å². The van der Waals surface area contributed by atoms with Gasteiger partial charge in [0.15, 0.2) is 0 Å². The molecule has 1 aromatic carbocycles. The minimum atomic E-state index is -1.12. The van der Waals surface area contributed by atoms with Crippen molar-refractivity contribution in [3.05, 3.63) is 58.5 Å². The molecule has 1 atom stereocenters. The van der Waals surface area contributed by atoms with Gasteiger partial charge in [-0.25, -0.2) is 14.5 Å². The van der Waals surface area contributed by atoms with Crippen LogP contribution < -0.4 is 0 Å². The topological polar surface area (TPSA) is 119 Å². The van der Waals surface area contributed by atoms with E-state index in [9.17, 15) is 9.90 Å². The molecule has 0 radical (unpaired) electrons. The summed E-state index contributed by atoms with van der Waals surface area (Å²) in [4.78, 5) is 19.4. The van der Waals surface area contributed by atoms with Gasteiger partial charge in [0.2, 0.25) is 5.88 Å². The van der Waals surface area contributed by atoms with E-state index in [2.05, 4.69) is 20.2 Å². The van der Waals surface area contributed by atoms with E-state index in [1.165, 1.54) is 23.3 Å². The summed E-state index contributed by atoms with van der Waals surface area (Å²) in [5.41, 5.74) is 2.70. The van der Waals surface area contributed by atoms with Crippen molar-refractivity contribution < 1.29 is 15.0 Å². The van der Waals surface area contributed by atoms with E-state index in [0.29, 0.717) is 16.1 Å². The van der Waals surface area contributed by atoms with Gasteiger partial charge in [0.05, 0.1) is 24.0 Å². The lowest BCUT2D eigenvalue weighted by Gasteiger charge is -2.15. The van der Waals surface area contributed by atoms with Crippen LogP contribution in [0.25, 0.3) is 17.0 Å². The third-order valence-electron chi connectivity index (χ3n) is 4.36. The van der Waals surface area contributed by atoms with E-state index >= 15 is 0 Å². The molecule has 10 heteroatoms. The number of aromatic hydroxyl groups is 1. The second kappa shape index (κ2) is 6.61. The number of benzene rings is 1. The second-order valence-corrected chi connectivity index (χ2v) is 6.82. The molecule has 4 aromatic rings. The lowest BCUT2D eigenvalue weighted by Crippen LogP contribution is -2.10. The maximum atomic E-state index is 11.0. The van der Waals surface area contributed by atoms with Gasteiger partial charge in [-0.3, -0.25) is 4.68 Å². The highest BCUT2D eigenvalue weighted by atomic mass is 35.5. The standard InChI is InChI=1S/C18H15ClN6O3/c1-9-3-11(5-13(19)4-9)10(2)25-15-14(7-21-25)22-18(23-16(15)26)24-8-12(6-20-24)17(27)28/h3-8,10H,1-2H3,(H,27,28)(H,22,23,26)/t10-/m0/s1. The monoisotopic (exact) mass is 398 g/mol. The molecule has 0 aliphatic carbocycles. The zero-order valence-electron chi connectivity index (χ0n) is 14.9. The molecule has 0 saturated carbocycles. The van der Waals surface area contributed by atoms with Crippen LogP contribution in [0.1, 0.15) is 34.5 Å². The number of carboxylic acid groups (broad SMARTS) is 1. The summed E-state index contributed by atoms with van der Waals surface area (Å²) in [5.74, 6) is -1.35. The van der Waals surface area contributed by atoms with Crippen LogP contribution in [0.5, 0.6) is 5.88 Å². The van der Waals surface area contributed by atoms with Crippen LogP contribution in [0.15, 0.2) is 36.8 Å². The predicted octanol–water partition coefficient (Wildman–Crippen LogP) is 2.99. The molecule has 0 saturated heterocycles. The number of aryl methyl sites for hydroxylation is 1. The Morgan fingerprint density at radius 2 is 1.96 bits per heavy atom. The fourth-order valence-electron chi connectivity index (χ4n) is 3.02. The molecule has 142 valence electrons. The molecule has 0 spiro atoms. The molecule has 4 rings (SSSR count). The number of carboxylic acids is 1. The van der Waals surface area contributed by atoms with Gasteiger partial charge in [-0.05, 0) is 37.1 Å². The first-order valence-electron chi connectivity index (χ1n) is 8.33. The summed E-state index contributed by atoms with van der Waals surface area (Å²) < 4.78 is 2.80. The third kappa shape index (κ3) is 3.05. The molecular formula is C18H15ClN6O3. The van der Waals surface area contributed by atoms with Crippen LogP contribution in [-0.2, 0) is 0 Å². The molecule has 3 aromatic heterocycles. The van der Waals surface area contributed by atoms with Crippen LogP contribution in [0.2, 0.25) is 5.02 Å². The average Bonchev–Trinajstić information content (AvgIpc) is 3.27. The first-order valence-corrected chi connectivity index (χ1v) is 8.71. The van der Waals surface area contributed by atoms with E-state index in [1.54, 1.807) is 4.68 Å². The van der Waals surface area contributed by atoms with Crippen LogP contribution in [0.3, 0.4) is 0 Å². The van der Waals surface area contributed by atoms with Crippen molar-refractivity contribution in [1.82, 2.24) is 29.5 Å². The summed E-state index contributed by atoms with van der Waals surface area (Å²) in [6, 6.07) is 5.48. The van der Waals surface area contributed by atoms with Gasteiger partial charge in [-0.1, -0.05) is 17.7 Å². The van der Waals surface area contributed by atoms with Crippen LogP contribution in [0, 0.1) is 6.92 Å². The number of aromatic carboxylic acids is 1. The lowest BCUT2D eigenvalue weighted by molar-refractivity contribution is 0.0697. The Morgan fingerprint density at radius 1 is 1.18 bits per heavy atom. The zero-order valence-corrected chi connectivity index (χ0v) is 15.7. The average molecular weight is 399 g/mol. The molecule has 0 amide bonds. The first-order chi connectivity index (χ1) is 13.3. The van der Waals surface area contributed by atoms with Crippen molar-refractivity contribution in [3.63, 3.8) is 0 Å². The number of aromatic nitrogens is 6. The van der Waals surface area contributed by atoms with Gasteiger partial charge >= 0.3 is 5.97 Å². The van der Waals surface area contributed by atoms with Gasteiger partial charge in [-0.15, -0.1) is 0 Å². The minimum absolute atomic E-state index is 0.0103. The highest BCUT2D eigenvalue weighted by Gasteiger charge is 2.19. The Kier molecular flexibility index (Phi) is 4.23. The smallest absolute Gasteiger partial charge is 0.338 e. The number of halogens is 1. The zero-order chi connectivity index (χ0) is 20.0. The number of nitrogens with zero attached hydrogens (tertiary/aromatic N) is 6. The highest BCUT2D eigenvalue weighted by Crippen LogP contribution is 2.29. The molecule has 9 nitrogen and oxygen atoms in total. The summed E-state index contributed by atoms with van der Waals surface area (Å²) in [6.07, 6.45) is 3.96. The normalized spacial score (nSPS) is 12.4. The molecule has 0 aliphatic heterocycles. The van der Waals surface area contributed by atoms with Crippen molar-refractivity contribution in [1.29, 1.82) is 0 Å². The number of hydrogen-bond acceptors (Lipinski definition) is 6. The predicted molar refractivity (Wildman–Crippen MR) is 101 cm³/mol. The minimum Gasteiger partial charge on any atom is -0.492 e. The summed E-state index contributed by atoms with van der Waals surface area (Å²) in [7, 11) is 0. The van der Waals surface area contributed by atoms with Crippen molar-refractivity contribution in [2.75, 3.05) is 0 Å². The van der Waals surface area contributed by atoms with E-state index in [4.69, 9.17) is 16.7 Å². The Morgan fingerprint density at radius 3 is 2.64 bits per heavy atom. The molecule has 0 aliphatic rings. The molecule has 3 heterocycles. The molecule has 28 heavy (non-hydrogen) atoms. The highest BCUT2D eigenvalue weighted by molar-refractivity contribution is 6.30. The maximum Gasteiger partial charge on any atom is 0.338 e. The maximum absolute atomic E-state index is 11.0. The third-order valence-corrected chi connectivity index (χ3v) is 4.58. The van der Waals surface area contributed by atoms with Crippen molar-refractivity contribution in [2.45, 2.75) is 19.9 Å². The Labute approximate surface area is 163 Å². The number of fused-ring (bicyclic) bond motifs is 1. The molecular weight excluding hydrogens is 384 g/mol. The van der Waals surface area contributed by atoms with Crippen LogP contribution in [-0.4, -0.2) is 45.7 Å². The van der Waals surface area contributed by atoms with E-state index < -0.39 is 5.97 Å². The number of rotatable bonds is 4. The fourth-order valence-corrected chi connectivity index (χ4v) is 3.32. The second-order valence-electron chi connectivity index (χ2n) is 6.39. The van der Waals surface area contributed by atoms with E-state index in [-0.39, 0.29) is 23.4 Å². The summed E-state index contributed by atoms with van der Waals surface area (Å²) in [6.45, 7) is 3.88. The van der Waals surface area contributed by atoms with Crippen LogP contribution >= 0.6 is 11.6 Å². The van der Waals surface area contributed by atoms with Crippen molar-refractivity contribution in [3.8, 4) is 11.8 Å². The molecule has 0 bridgehead atoms. The molecule has 0 unspecified atom stereocenters. The molecule has 0 fully saturated rings.